The maximum Gasteiger partial charge on any atom is 0.324 e. The molecule has 0 saturated carbocycles. The first-order valence-electron chi connectivity index (χ1n) is 4.76. The van der Waals surface area contributed by atoms with Gasteiger partial charge in [0.05, 0.1) is 7.11 Å². The van der Waals surface area contributed by atoms with Crippen LogP contribution in [0.15, 0.2) is 30.3 Å². The molecular formula is C11H14ClNO2. The molecule has 0 amide bonds. The standard InChI is InChI=1S/C11H14ClNO2/c1-15-11(14)10(13-12)8-7-9-5-3-2-4-6-9/h2-6,10,13H,7-8H2,1H3. The molecule has 82 valence electrons. The highest BCUT2D eigenvalue weighted by Gasteiger charge is 2.17. The van der Waals surface area contributed by atoms with Gasteiger partial charge in [-0.05, 0) is 30.2 Å². The van der Waals surface area contributed by atoms with Gasteiger partial charge in [0.25, 0.3) is 0 Å². The van der Waals surface area contributed by atoms with Crippen LogP contribution in [0.2, 0.25) is 0 Å². The minimum atomic E-state index is -0.447. The van der Waals surface area contributed by atoms with E-state index in [9.17, 15) is 4.79 Å². The number of ether oxygens (including phenoxy) is 1. The number of aryl methyl sites for hydroxylation is 1. The number of carbonyl (C=O) groups is 1. The molecule has 1 N–H and O–H groups in total. The highest BCUT2D eigenvalue weighted by Crippen LogP contribution is 2.06. The van der Waals surface area contributed by atoms with Crippen LogP contribution in [0.4, 0.5) is 0 Å². The first-order valence-corrected chi connectivity index (χ1v) is 5.13. The van der Waals surface area contributed by atoms with Gasteiger partial charge in [0.2, 0.25) is 0 Å². The van der Waals surface area contributed by atoms with Crippen LogP contribution in [0, 0.1) is 0 Å². The van der Waals surface area contributed by atoms with Crippen LogP contribution in [0.25, 0.3) is 0 Å². The maximum atomic E-state index is 11.2. The molecule has 0 saturated heterocycles. The van der Waals surface area contributed by atoms with E-state index in [4.69, 9.17) is 11.8 Å². The predicted octanol–water partition coefficient (Wildman–Crippen LogP) is 1.90. The number of rotatable bonds is 5. The number of halogens is 1. The average Bonchev–Trinajstić information content (AvgIpc) is 2.31. The number of nitrogens with one attached hydrogen (secondary N) is 1. The molecule has 0 fully saturated rings. The molecule has 1 atom stereocenters. The van der Waals surface area contributed by atoms with Crippen molar-refractivity contribution in [1.29, 1.82) is 0 Å². The SMILES string of the molecule is COC(=O)C(CCc1ccccc1)NCl. The quantitative estimate of drug-likeness (QED) is 0.617. The molecule has 1 aromatic carbocycles. The normalized spacial score (nSPS) is 12.1. The lowest BCUT2D eigenvalue weighted by Crippen LogP contribution is -2.32. The second-order valence-corrected chi connectivity index (χ2v) is 3.43. The summed E-state index contributed by atoms with van der Waals surface area (Å²) < 4.78 is 4.61. The van der Waals surface area contributed by atoms with Crippen molar-refractivity contribution in [3.63, 3.8) is 0 Å². The lowest BCUT2D eigenvalue weighted by molar-refractivity contribution is -0.142. The largest absolute Gasteiger partial charge is 0.468 e. The molecule has 15 heavy (non-hydrogen) atoms. The molecular weight excluding hydrogens is 214 g/mol. The van der Waals surface area contributed by atoms with E-state index in [-0.39, 0.29) is 5.97 Å². The third-order valence-corrected chi connectivity index (χ3v) is 2.45. The summed E-state index contributed by atoms with van der Waals surface area (Å²) in [5.74, 6) is -0.332. The summed E-state index contributed by atoms with van der Waals surface area (Å²) in [6.45, 7) is 0. The van der Waals surface area contributed by atoms with E-state index < -0.39 is 6.04 Å². The minimum Gasteiger partial charge on any atom is -0.468 e. The Balaban J connectivity index is 2.44. The van der Waals surface area contributed by atoms with Crippen molar-refractivity contribution in [2.45, 2.75) is 18.9 Å². The van der Waals surface area contributed by atoms with Crippen molar-refractivity contribution >= 4 is 17.7 Å². The molecule has 0 spiro atoms. The molecule has 1 unspecified atom stereocenters. The van der Waals surface area contributed by atoms with Gasteiger partial charge in [0.1, 0.15) is 6.04 Å². The van der Waals surface area contributed by atoms with Crippen LogP contribution in [-0.4, -0.2) is 19.1 Å². The third-order valence-electron chi connectivity index (χ3n) is 2.18. The molecule has 1 rings (SSSR count). The van der Waals surface area contributed by atoms with Crippen molar-refractivity contribution in [1.82, 2.24) is 4.84 Å². The summed E-state index contributed by atoms with van der Waals surface area (Å²) in [5, 5.41) is 0. The van der Waals surface area contributed by atoms with Gasteiger partial charge in [-0.3, -0.25) is 4.79 Å². The van der Waals surface area contributed by atoms with Crippen molar-refractivity contribution in [2.24, 2.45) is 0 Å². The van der Waals surface area contributed by atoms with Gasteiger partial charge < -0.3 is 4.74 Å². The maximum absolute atomic E-state index is 11.2. The zero-order chi connectivity index (χ0) is 11.1. The molecule has 0 heterocycles. The number of carbonyl (C=O) groups excluding carboxylic acids is 1. The van der Waals surface area contributed by atoms with Gasteiger partial charge in [-0.25, -0.2) is 4.84 Å². The molecule has 0 aliphatic heterocycles. The Morgan fingerprint density at radius 3 is 2.67 bits per heavy atom. The highest BCUT2D eigenvalue weighted by atomic mass is 35.5. The Hall–Kier alpha value is -1.06. The van der Waals surface area contributed by atoms with Crippen LogP contribution in [0.5, 0.6) is 0 Å². The van der Waals surface area contributed by atoms with Crippen molar-refractivity contribution < 1.29 is 9.53 Å². The van der Waals surface area contributed by atoms with Gasteiger partial charge >= 0.3 is 5.97 Å². The Bertz CT molecular complexity index is 303. The summed E-state index contributed by atoms with van der Waals surface area (Å²) in [6, 6.07) is 9.48. The smallest absolute Gasteiger partial charge is 0.324 e. The fraction of sp³-hybridized carbons (Fsp3) is 0.364. The zero-order valence-electron chi connectivity index (χ0n) is 8.57. The Morgan fingerprint density at radius 2 is 2.13 bits per heavy atom. The molecule has 1 aromatic rings. The van der Waals surface area contributed by atoms with Gasteiger partial charge in [0.15, 0.2) is 0 Å². The number of hydrogen-bond donors (Lipinski definition) is 1. The van der Waals surface area contributed by atoms with Crippen LogP contribution in [0.1, 0.15) is 12.0 Å². The van der Waals surface area contributed by atoms with Crippen molar-refractivity contribution in [3.8, 4) is 0 Å². The number of esters is 1. The van der Waals surface area contributed by atoms with E-state index in [1.54, 1.807) is 0 Å². The third kappa shape index (κ3) is 3.90. The summed E-state index contributed by atoms with van der Waals surface area (Å²) >= 11 is 5.46. The average molecular weight is 228 g/mol. The molecule has 3 nitrogen and oxygen atoms in total. The van der Waals surface area contributed by atoms with Gasteiger partial charge in [-0.2, -0.15) is 0 Å². The number of benzene rings is 1. The molecule has 0 aliphatic rings. The second kappa shape index (κ2) is 6.43. The zero-order valence-corrected chi connectivity index (χ0v) is 9.33. The monoisotopic (exact) mass is 227 g/mol. The highest BCUT2D eigenvalue weighted by molar-refractivity contribution is 6.14. The first kappa shape index (κ1) is 12.0. The minimum absolute atomic E-state index is 0.332. The molecule has 0 aliphatic carbocycles. The van der Waals surface area contributed by atoms with Gasteiger partial charge in [-0.15, -0.1) is 0 Å². The molecule has 0 radical (unpaired) electrons. The molecule has 4 heteroatoms. The van der Waals surface area contributed by atoms with E-state index in [0.717, 1.165) is 6.42 Å². The van der Waals surface area contributed by atoms with Crippen LogP contribution in [-0.2, 0) is 16.0 Å². The topological polar surface area (TPSA) is 38.3 Å². The van der Waals surface area contributed by atoms with Crippen LogP contribution >= 0.6 is 11.8 Å². The number of methoxy groups -OCH3 is 1. The summed E-state index contributed by atoms with van der Waals surface area (Å²) in [6.07, 6.45) is 1.42. The Labute approximate surface area is 94.5 Å². The summed E-state index contributed by atoms with van der Waals surface area (Å²) in [5.41, 5.74) is 1.18. The first-order chi connectivity index (χ1) is 7.27. The van der Waals surface area contributed by atoms with Gasteiger partial charge in [0, 0.05) is 0 Å². The fourth-order valence-electron chi connectivity index (χ4n) is 1.31. The lowest BCUT2D eigenvalue weighted by atomic mass is 10.1. The van der Waals surface area contributed by atoms with E-state index in [2.05, 4.69) is 9.57 Å². The summed E-state index contributed by atoms with van der Waals surface area (Å²) in [4.78, 5) is 13.6. The van der Waals surface area contributed by atoms with Crippen molar-refractivity contribution in [2.75, 3.05) is 7.11 Å². The van der Waals surface area contributed by atoms with Crippen LogP contribution in [0.3, 0.4) is 0 Å². The van der Waals surface area contributed by atoms with Crippen molar-refractivity contribution in [3.05, 3.63) is 35.9 Å². The predicted molar refractivity (Wildman–Crippen MR) is 59.6 cm³/mol. The van der Waals surface area contributed by atoms with Gasteiger partial charge in [-0.1, -0.05) is 30.3 Å². The summed E-state index contributed by atoms with van der Waals surface area (Å²) in [7, 11) is 1.35. The molecule has 0 aromatic heterocycles. The van der Waals surface area contributed by atoms with E-state index >= 15 is 0 Å². The number of hydrogen-bond acceptors (Lipinski definition) is 3. The lowest BCUT2D eigenvalue weighted by Gasteiger charge is -2.11. The molecule has 0 bridgehead atoms. The van der Waals surface area contributed by atoms with E-state index in [1.165, 1.54) is 12.7 Å². The fourth-order valence-corrected chi connectivity index (χ4v) is 1.51. The second-order valence-electron chi connectivity index (χ2n) is 3.21. The Kier molecular flexibility index (Phi) is 5.15. The van der Waals surface area contributed by atoms with Crippen LogP contribution < -0.4 is 4.84 Å². The Morgan fingerprint density at radius 1 is 1.47 bits per heavy atom. The van der Waals surface area contributed by atoms with E-state index in [1.807, 2.05) is 30.3 Å². The van der Waals surface area contributed by atoms with E-state index in [0.29, 0.717) is 6.42 Å².